The molecule has 2 rings (SSSR count). The number of halogens is 1. The number of phenolic OH excluding ortho intramolecular Hbond substituents is 1. The lowest BCUT2D eigenvalue weighted by molar-refractivity contribution is 0.0950. The van der Waals surface area contributed by atoms with Crippen LogP contribution < -0.4 is 5.32 Å². The van der Waals surface area contributed by atoms with Crippen LogP contribution in [0, 0.1) is 5.82 Å². The van der Waals surface area contributed by atoms with E-state index in [0.717, 1.165) is 17.7 Å². The Morgan fingerprint density at radius 3 is 2.56 bits per heavy atom. The molecule has 2 aromatic rings. The van der Waals surface area contributed by atoms with E-state index in [4.69, 9.17) is 0 Å². The molecule has 0 aromatic heterocycles. The summed E-state index contributed by atoms with van der Waals surface area (Å²) in [5.74, 6) is -1.33. The molecular weight excluding hydrogens is 233 g/mol. The number of carbonyl (C=O) groups is 1. The van der Waals surface area contributed by atoms with Gasteiger partial charge in [0.1, 0.15) is 11.6 Å². The van der Waals surface area contributed by atoms with Crippen LogP contribution in [0.3, 0.4) is 0 Å². The van der Waals surface area contributed by atoms with Gasteiger partial charge >= 0.3 is 0 Å². The Kier molecular flexibility index (Phi) is 3.57. The van der Waals surface area contributed by atoms with Crippen molar-refractivity contribution in [3.05, 3.63) is 65.5 Å². The normalized spacial score (nSPS) is 10.1. The molecule has 4 heteroatoms. The fourth-order valence-corrected chi connectivity index (χ4v) is 1.59. The van der Waals surface area contributed by atoms with Crippen LogP contribution >= 0.6 is 0 Å². The zero-order valence-corrected chi connectivity index (χ0v) is 9.56. The van der Waals surface area contributed by atoms with Gasteiger partial charge in [-0.3, -0.25) is 4.79 Å². The predicted octanol–water partition coefficient (Wildman–Crippen LogP) is 2.46. The predicted molar refractivity (Wildman–Crippen MR) is 65.7 cm³/mol. The average molecular weight is 245 g/mol. The van der Waals surface area contributed by atoms with Crippen LogP contribution in [-0.2, 0) is 6.54 Å². The largest absolute Gasteiger partial charge is 0.508 e. The Balaban J connectivity index is 2.04. The van der Waals surface area contributed by atoms with Crippen molar-refractivity contribution in [2.45, 2.75) is 6.54 Å². The van der Waals surface area contributed by atoms with Gasteiger partial charge < -0.3 is 10.4 Å². The lowest BCUT2D eigenvalue weighted by Gasteiger charge is -2.06. The van der Waals surface area contributed by atoms with Crippen molar-refractivity contribution in [2.75, 3.05) is 0 Å². The van der Waals surface area contributed by atoms with Crippen LogP contribution in [0.15, 0.2) is 48.5 Å². The molecule has 0 saturated carbocycles. The molecule has 0 bridgehead atoms. The van der Waals surface area contributed by atoms with Gasteiger partial charge in [-0.15, -0.1) is 0 Å². The molecule has 0 aliphatic heterocycles. The van der Waals surface area contributed by atoms with Crippen LogP contribution in [0.1, 0.15) is 15.9 Å². The summed E-state index contributed by atoms with van der Waals surface area (Å²) in [5, 5.41) is 11.9. The topological polar surface area (TPSA) is 49.3 Å². The van der Waals surface area contributed by atoms with Crippen LogP contribution in [0.4, 0.5) is 4.39 Å². The zero-order chi connectivity index (χ0) is 13.0. The van der Waals surface area contributed by atoms with Crippen molar-refractivity contribution in [3.8, 4) is 5.75 Å². The molecule has 0 atom stereocenters. The molecule has 3 nitrogen and oxygen atoms in total. The van der Waals surface area contributed by atoms with E-state index < -0.39 is 11.7 Å². The first-order valence-electron chi connectivity index (χ1n) is 5.47. The summed E-state index contributed by atoms with van der Waals surface area (Å²) in [7, 11) is 0. The second-order valence-electron chi connectivity index (χ2n) is 3.87. The summed E-state index contributed by atoms with van der Waals surface area (Å²) in [4.78, 5) is 11.7. The standard InChI is InChI=1S/C14H12FNO2/c15-12-6-11(7-13(17)8-12)14(18)16-9-10-4-2-1-3-5-10/h1-8,17H,9H2,(H,16,18). The third-order valence-electron chi connectivity index (χ3n) is 2.44. The average Bonchev–Trinajstić information content (AvgIpc) is 2.36. The molecule has 0 saturated heterocycles. The first-order chi connectivity index (χ1) is 8.65. The van der Waals surface area contributed by atoms with Gasteiger partial charge in [-0.25, -0.2) is 4.39 Å². The van der Waals surface area contributed by atoms with E-state index in [0.29, 0.717) is 6.54 Å². The summed E-state index contributed by atoms with van der Waals surface area (Å²) >= 11 is 0. The highest BCUT2D eigenvalue weighted by molar-refractivity contribution is 5.94. The van der Waals surface area contributed by atoms with Gasteiger partial charge in [-0.1, -0.05) is 30.3 Å². The van der Waals surface area contributed by atoms with Crippen molar-refractivity contribution in [3.63, 3.8) is 0 Å². The molecule has 0 radical (unpaired) electrons. The first kappa shape index (κ1) is 12.1. The first-order valence-corrected chi connectivity index (χ1v) is 5.47. The molecule has 0 unspecified atom stereocenters. The van der Waals surface area contributed by atoms with Crippen molar-refractivity contribution in [1.82, 2.24) is 5.32 Å². The fraction of sp³-hybridized carbons (Fsp3) is 0.0714. The van der Waals surface area contributed by atoms with E-state index in [1.165, 1.54) is 6.07 Å². The minimum absolute atomic E-state index is 0.100. The van der Waals surface area contributed by atoms with Gasteiger partial charge in [0.25, 0.3) is 5.91 Å². The maximum absolute atomic E-state index is 13.0. The maximum atomic E-state index is 13.0. The van der Waals surface area contributed by atoms with E-state index >= 15 is 0 Å². The third kappa shape index (κ3) is 3.07. The smallest absolute Gasteiger partial charge is 0.251 e. The van der Waals surface area contributed by atoms with Crippen LogP contribution in [0.2, 0.25) is 0 Å². The Labute approximate surface area is 104 Å². The van der Waals surface area contributed by atoms with E-state index in [9.17, 15) is 14.3 Å². The zero-order valence-electron chi connectivity index (χ0n) is 9.56. The van der Waals surface area contributed by atoms with Gasteiger partial charge in [0.05, 0.1) is 0 Å². The number of phenols is 1. The second kappa shape index (κ2) is 5.31. The Bertz CT molecular complexity index is 535. The minimum Gasteiger partial charge on any atom is -0.508 e. The number of aromatic hydroxyl groups is 1. The minimum atomic E-state index is -0.639. The number of carbonyl (C=O) groups excluding carboxylic acids is 1. The van der Waals surface area contributed by atoms with Crippen molar-refractivity contribution in [1.29, 1.82) is 0 Å². The van der Waals surface area contributed by atoms with Crippen LogP contribution in [-0.4, -0.2) is 11.0 Å². The molecule has 0 heterocycles. The number of amides is 1. The SMILES string of the molecule is O=C(NCc1ccccc1)c1cc(O)cc(F)c1. The van der Waals surface area contributed by atoms with E-state index in [1.54, 1.807) is 0 Å². The van der Waals surface area contributed by atoms with Gasteiger partial charge in [0.2, 0.25) is 0 Å². The quantitative estimate of drug-likeness (QED) is 0.872. The van der Waals surface area contributed by atoms with E-state index in [1.807, 2.05) is 30.3 Å². The molecule has 18 heavy (non-hydrogen) atoms. The Hall–Kier alpha value is -2.36. The molecule has 2 N–H and O–H groups in total. The number of hydrogen-bond donors (Lipinski definition) is 2. The molecule has 92 valence electrons. The highest BCUT2D eigenvalue weighted by Gasteiger charge is 2.08. The summed E-state index contributed by atoms with van der Waals surface area (Å²) in [6.07, 6.45) is 0. The van der Waals surface area contributed by atoms with Crippen molar-refractivity contribution < 1.29 is 14.3 Å². The van der Waals surface area contributed by atoms with Gasteiger partial charge in [-0.05, 0) is 17.7 Å². The molecule has 0 aliphatic rings. The fourth-order valence-electron chi connectivity index (χ4n) is 1.59. The van der Waals surface area contributed by atoms with Gasteiger partial charge in [0.15, 0.2) is 0 Å². The Morgan fingerprint density at radius 1 is 1.17 bits per heavy atom. The number of nitrogens with one attached hydrogen (secondary N) is 1. The number of rotatable bonds is 3. The lowest BCUT2D eigenvalue weighted by atomic mass is 10.2. The van der Waals surface area contributed by atoms with Crippen molar-refractivity contribution >= 4 is 5.91 Å². The van der Waals surface area contributed by atoms with Crippen molar-refractivity contribution in [2.24, 2.45) is 0 Å². The summed E-state index contributed by atoms with van der Waals surface area (Å²) in [6.45, 7) is 0.358. The highest BCUT2D eigenvalue weighted by Crippen LogP contribution is 2.14. The monoisotopic (exact) mass is 245 g/mol. The summed E-state index contributed by atoms with van der Waals surface area (Å²) in [6, 6.07) is 12.6. The number of hydrogen-bond acceptors (Lipinski definition) is 2. The molecule has 0 fully saturated rings. The Morgan fingerprint density at radius 2 is 1.89 bits per heavy atom. The van der Waals surface area contributed by atoms with Crippen LogP contribution in [0.25, 0.3) is 0 Å². The van der Waals surface area contributed by atoms with Crippen LogP contribution in [0.5, 0.6) is 5.75 Å². The molecule has 0 spiro atoms. The molecule has 1 amide bonds. The second-order valence-corrected chi connectivity index (χ2v) is 3.87. The highest BCUT2D eigenvalue weighted by atomic mass is 19.1. The van der Waals surface area contributed by atoms with E-state index in [2.05, 4.69) is 5.32 Å². The molecule has 0 aliphatic carbocycles. The third-order valence-corrected chi connectivity index (χ3v) is 2.44. The summed E-state index contributed by atoms with van der Waals surface area (Å²) < 4.78 is 13.0. The van der Waals surface area contributed by atoms with Gasteiger partial charge in [-0.2, -0.15) is 0 Å². The summed E-state index contributed by atoms with van der Waals surface area (Å²) in [5.41, 5.74) is 1.05. The number of benzene rings is 2. The molecule has 2 aromatic carbocycles. The molecular formula is C14H12FNO2. The van der Waals surface area contributed by atoms with Gasteiger partial charge in [0, 0.05) is 18.2 Å². The lowest BCUT2D eigenvalue weighted by Crippen LogP contribution is -2.22. The maximum Gasteiger partial charge on any atom is 0.251 e. The van der Waals surface area contributed by atoms with E-state index in [-0.39, 0.29) is 11.3 Å².